The molecule has 0 radical (unpaired) electrons. The molecule has 0 bridgehead atoms. The number of rotatable bonds is 3. The lowest BCUT2D eigenvalue weighted by Crippen LogP contribution is -2.02. The van der Waals surface area contributed by atoms with E-state index >= 15 is 0 Å². The Balaban J connectivity index is 3.34. The van der Waals surface area contributed by atoms with Crippen LogP contribution in [0.3, 0.4) is 0 Å². The highest BCUT2D eigenvalue weighted by molar-refractivity contribution is 9.10. The van der Waals surface area contributed by atoms with Crippen molar-refractivity contribution in [3.8, 4) is 0 Å². The molecule has 0 atom stereocenters. The maximum Gasteiger partial charge on any atom is 0.312 e. The smallest absolute Gasteiger partial charge is 0.312 e. The number of nitro groups is 1. The zero-order chi connectivity index (χ0) is 12.3. The Morgan fingerprint density at radius 1 is 1.62 bits per heavy atom. The molecule has 0 unspecified atom stereocenters. The fourth-order valence-corrected chi connectivity index (χ4v) is 1.48. The lowest BCUT2D eigenvalue weighted by atomic mass is 10.2. The Labute approximate surface area is 99.9 Å². The third-order valence-corrected chi connectivity index (χ3v) is 2.30. The molecule has 0 aliphatic heterocycles. The highest BCUT2D eigenvalue weighted by Gasteiger charge is 2.21. The van der Waals surface area contributed by atoms with Crippen molar-refractivity contribution >= 4 is 27.7 Å². The second-order valence-electron chi connectivity index (χ2n) is 3.20. The van der Waals surface area contributed by atoms with Gasteiger partial charge in [0.15, 0.2) is 10.4 Å². The maximum absolute atomic E-state index is 13.4. The monoisotopic (exact) mass is 289 g/mol. The summed E-state index contributed by atoms with van der Waals surface area (Å²) in [6, 6.07) is 0. The van der Waals surface area contributed by atoms with Crippen molar-refractivity contribution in [3.05, 3.63) is 38.5 Å². The lowest BCUT2D eigenvalue weighted by Gasteiger charge is -2.04. The molecule has 0 saturated heterocycles. The molecule has 1 rings (SSSR count). The van der Waals surface area contributed by atoms with Gasteiger partial charge in [0.1, 0.15) is 0 Å². The summed E-state index contributed by atoms with van der Waals surface area (Å²) in [5, 5.41) is 10.8. The van der Waals surface area contributed by atoms with Crippen molar-refractivity contribution in [1.82, 2.24) is 9.88 Å². The summed E-state index contributed by atoms with van der Waals surface area (Å²) in [5.41, 5.74) is -0.473. The first-order valence-electron chi connectivity index (χ1n) is 4.26. The van der Waals surface area contributed by atoms with Gasteiger partial charge in [0.05, 0.1) is 16.7 Å². The summed E-state index contributed by atoms with van der Waals surface area (Å²) < 4.78 is 13.4. The largest absolute Gasteiger partial charge is 0.383 e. The van der Waals surface area contributed by atoms with Crippen LogP contribution in [-0.4, -0.2) is 28.9 Å². The topological polar surface area (TPSA) is 59.3 Å². The van der Waals surface area contributed by atoms with E-state index in [9.17, 15) is 14.5 Å². The van der Waals surface area contributed by atoms with E-state index in [0.717, 1.165) is 6.20 Å². The second kappa shape index (κ2) is 5.02. The zero-order valence-corrected chi connectivity index (χ0v) is 10.2. The highest BCUT2D eigenvalue weighted by atomic mass is 79.9. The van der Waals surface area contributed by atoms with E-state index in [1.165, 1.54) is 12.3 Å². The van der Waals surface area contributed by atoms with Crippen molar-refractivity contribution in [2.75, 3.05) is 14.1 Å². The van der Waals surface area contributed by atoms with Crippen molar-refractivity contribution < 1.29 is 9.31 Å². The minimum Gasteiger partial charge on any atom is -0.383 e. The first kappa shape index (κ1) is 12.6. The van der Waals surface area contributed by atoms with Crippen LogP contribution in [0.1, 0.15) is 5.56 Å². The molecule has 0 saturated carbocycles. The molecule has 1 aromatic rings. The van der Waals surface area contributed by atoms with Gasteiger partial charge in [-0.05, 0) is 28.2 Å². The van der Waals surface area contributed by atoms with E-state index in [-0.39, 0.29) is 15.9 Å². The summed E-state index contributed by atoms with van der Waals surface area (Å²) >= 11 is 2.92. The van der Waals surface area contributed by atoms with Crippen LogP contribution in [0.4, 0.5) is 10.1 Å². The van der Waals surface area contributed by atoms with Crippen molar-refractivity contribution in [2.45, 2.75) is 0 Å². The molecule has 86 valence electrons. The van der Waals surface area contributed by atoms with Crippen LogP contribution in [0.25, 0.3) is 6.08 Å². The van der Waals surface area contributed by atoms with Crippen molar-refractivity contribution in [3.63, 3.8) is 0 Å². The Morgan fingerprint density at radius 3 is 2.75 bits per heavy atom. The summed E-state index contributed by atoms with van der Waals surface area (Å²) in [7, 11) is 3.47. The third kappa shape index (κ3) is 2.75. The van der Waals surface area contributed by atoms with Crippen LogP contribution in [-0.2, 0) is 0 Å². The molecule has 5 nitrogen and oxygen atoms in total. The van der Waals surface area contributed by atoms with Crippen LogP contribution in [0.2, 0.25) is 0 Å². The molecule has 7 heteroatoms. The fraction of sp³-hybridized carbons (Fsp3) is 0.222. The zero-order valence-electron chi connectivity index (χ0n) is 8.65. The molecule has 0 aliphatic carbocycles. The van der Waals surface area contributed by atoms with Gasteiger partial charge in [0.2, 0.25) is 0 Å². The standard InChI is InChI=1S/C9H9BrFN3O2/c1-13(2)4-3-6-7(11)5-12-9(10)8(6)14(15)16/h3-5H,1-2H3. The lowest BCUT2D eigenvalue weighted by molar-refractivity contribution is -0.386. The Hall–Kier alpha value is -1.50. The second-order valence-corrected chi connectivity index (χ2v) is 3.95. The SMILES string of the molecule is CN(C)C=Cc1c(F)cnc(Br)c1[N+](=O)[O-]. The number of hydrogen-bond acceptors (Lipinski definition) is 4. The van der Waals surface area contributed by atoms with Gasteiger partial charge in [-0.3, -0.25) is 10.1 Å². The molecular weight excluding hydrogens is 281 g/mol. The van der Waals surface area contributed by atoms with Crippen molar-refractivity contribution in [1.29, 1.82) is 0 Å². The van der Waals surface area contributed by atoms with E-state index in [4.69, 9.17) is 0 Å². The van der Waals surface area contributed by atoms with Gasteiger partial charge in [-0.2, -0.15) is 0 Å². The number of nitrogens with zero attached hydrogens (tertiary/aromatic N) is 3. The average molecular weight is 290 g/mol. The number of pyridine rings is 1. The third-order valence-electron chi connectivity index (χ3n) is 1.72. The molecule has 0 aromatic carbocycles. The first-order chi connectivity index (χ1) is 7.43. The molecule has 0 N–H and O–H groups in total. The molecule has 0 spiro atoms. The minimum absolute atomic E-state index is 0.0114. The van der Waals surface area contributed by atoms with E-state index in [2.05, 4.69) is 20.9 Å². The van der Waals surface area contributed by atoms with Gasteiger partial charge in [-0.1, -0.05) is 0 Å². The van der Waals surface area contributed by atoms with Gasteiger partial charge in [-0.25, -0.2) is 9.37 Å². The number of halogens is 2. The van der Waals surface area contributed by atoms with Gasteiger partial charge in [0, 0.05) is 14.1 Å². The highest BCUT2D eigenvalue weighted by Crippen LogP contribution is 2.29. The first-order valence-corrected chi connectivity index (χ1v) is 5.05. The number of aromatic nitrogens is 1. The van der Waals surface area contributed by atoms with Gasteiger partial charge >= 0.3 is 5.69 Å². The predicted molar refractivity (Wildman–Crippen MR) is 61.3 cm³/mol. The van der Waals surface area contributed by atoms with E-state index in [0.29, 0.717) is 0 Å². The van der Waals surface area contributed by atoms with E-state index < -0.39 is 10.7 Å². The maximum atomic E-state index is 13.4. The molecule has 0 aliphatic rings. The molecule has 0 fully saturated rings. The van der Waals surface area contributed by atoms with Crippen LogP contribution >= 0.6 is 15.9 Å². The van der Waals surface area contributed by atoms with Crippen molar-refractivity contribution in [2.24, 2.45) is 0 Å². The number of hydrogen-bond donors (Lipinski definition) is 0. The molecule has 1 heterocycles. The van der Waals surface area contributed by atoms with Gasteiger partial charge < -0.3 is 4.90 Å². The summed E-state index contributed by atoms with van der Waals surface area (Å²) in [6.07, 6.45) is 3.80. The molecular formula is C9H9BrFN3O2. The van der Waals surface area contributed by atoms with Crippen LogP contribution in [0.15, 0.2) is 17.0 Å². The molecule has 0 amide bonds. The summed E-state index contributed by atoms with van der Waals surface area (Å²) in [5.74, 6) is -0.729. The molecule has 1 aromatic heterocycles. The predicted octanol–water partition coefficient (Wildman–Crippen LogP) is 2.42. The molecule has 16 heavy (non-hydrogen) atoms. The Bertz CT molecular complexity index is 449. The van der Waals surface area contributed by atoms with E-state index in [1.54, 1.807) is 19.0 Å². The minimum atomic E-state index is -0.729. The quantitative estimate of drug-likeness (QED) is 0.487. The van der Waals surface area contributed by atoms with Gasteiger partial charge in [0.25, 0.3) is 0 Å². The van der Waals surface area contributed by atoms with Crippen LogP contribution in [0, 0.1) is 15.9 Å². The van der Waals surface area contributed by atoms with Crippen LogP contribution in [0.5, 0.6) is 0 Å². The normalized spacial score (nSPS) is 10.8. The Kier molecular flexibility index (Phi) is 3.94. The summed E-state index contributed by atoms with van der Waals surface area (Å²) in [6.45, 7) is 0. The fourth-order valence-electron chi connectivity index (χ4n) is 1.02. The van der Waals surface area contributed by atoms with Gasteiger partial charge in [-0.15, -0.1) is 0 Å². The Morgan fingerprint density at radius 2 is 2.25 bits per heavy atom. The van der Waals surface area contributed by atoms with Crippen LogP contribution < -0.4 is 0 Å². The average Bonchev–Trinajstić information content (AvgIpc) is 2.18. The summed E-state index contributed by atoms with van der Waals surface area (Å²) in [4.78, 5) is 15.3. The van der Waals surface area contributed by atoms with E-state index in [1.807, 2.05) is 0 Å².